The number of carbonyl (C=O) groups is 3. The lowest BCUT2D eigenvalue weighted by Crippen LogP contribution is -2.82. The summed E-state index contributed by atoms with van der Waals surface area (Å²) in [4.78, 5) is 49.3. The first-order valence-corrected chi connectivity index (χ1v) is 26.2. The van der Waals surface area contributed by atoms with E-state index in [0.29, 0.717) is 69.0 Å². The second-order valence-corrected chi connectivity index (χ2v) is 22.5. The lowest BCUT2D eigenvalue weighted by molar-refractivity contribution is -0.204. The van der Waals surface area contributed by atoms with Crippen LogP contribution < -0.4 is 25.8 Å². The number of amides is 2. The van der Waals surface area contributed by atoms with E-state index in [1.165, 1.54) is 32.5 Å². The Morgan fingerprint density at radius 3 is 2.61 bits per heavy atom. The van der Waals surface area contributed by atoms with Crippen molar-refractivity contribution in [1.29, 1.82) is 0 Å². The number of piperidine rings is 1. The Hall–Kier alpha value is -4.01. The highest BCUT2D eigenvalue weighted by Gasteiger charge is 2.78. The predicted octanol–water partition coefficient (Wildman–Crippen LogP) is 3.95. The summed E-state index contributed by atoms with van der Waals surface area (Å²) in [5.41, 5.74) is 5.31. The average molecular weight is 962 g/mol. The number of hydrogen-bond acceptors (Lipinski definition) is 15. The van der Waals surface area contributed by atoms with Gasteiger partial charge in [0.05, 0.1) is 24.5 Å². The van der Waals surface area contributed by atoms with Gasteiger partial charge in [0.15, 0.2) is 11.8 Å². The quantitative estimate of drug-likeness (QED) is 0.0306. The van der Waals surface area contributed by atoms with E-state index in [9.17, 15) is 29.7 Å². The molecule has 2 bridgehead atoms. The van der Waals surface area contributed by atoms with Crippen molar-refractivity contribution < 1.29 is 43.9 Å². The third-order valence-corrected chi connectivity index (χ3v) is 18.9. The molecular formula is C49H67N7O9S2. The van der Waals surface area contributed by atoms with Gasteiger partial charge in [-0.05, 0) is 88.2 Å². The molecule has 16 nitrogen and oxygen atoms in total. The van der Waals surface area contributed by atoms with Crippen molar-refractivity contribution in [3.8, 4) is 5.75 Å². The van der Waals surface area contributed by atoms with E-state index in [-0.39, 0.29) is 18.6 Å². The van der Waals surface area contributed by atoms with Gasteiger partial charge in [-0.1, -0.05) is 65.8 Å². The van der Waals surface area contributed by atoms with Gasteiger partial charge in [-0.25, -0.2) is 10.2 Å². The van der Waals surface area contributed by atoms with E-state index in [4.69, 9.17) is 14.2 Å². The van der Waals surface area contributed by atoms with Gasteiger partial charge in [-0.3, -0.25) is 30.1 Å². The number of aliphatic hydroxyl groups excluding tert-OH is 1. The zero-order valence-corrected chi connectivity index (χ0v) is 41.1. The third-order valence-electron chi connectivity index (χ3n) is 16.6. The SMILES string of the molecule is CC[C@]1(O)C[C@H]2CN(CCc3c([nH]c4ccccc34)[C@@](C)(c3cc4c(cc3OC)N(C)[C@H]3[C@@](O)(C(=O)NNC(=O)OCCSSC[C@H](NC)OC=O)[C@H](O)[C@]5(CC)C=CCN6CC[C@]43[C@@H]65)C2)C1. The van der Waals surface area contributed by atoms with Crippen molar-refractivity contribution in [2.75, 3.05) is 76.9 Å². The highest BCUT2D eigenvalue weighted by molar-refractivity contribution is 8.76. The standard InChI is InChI=1S/C49H67N7O9S2/c1-7-46(61)25-30-24-45(3,39-32(14-18-55(26-30)28-46)31-12-9-10-13-35(31)51-39)34-22-33-36(23-37(34)63-6)54(5)41-48(33)16-19-56-17-11-15-47(8-2,40(48)56)42(58)49(41,62)43(59)52-53-44(60)64-20-21-66-67-27-38(50-4)65-29-57/h9-13,15,22-23,29-30,38,40-42,50-51,58,61-62H,7-8,14,16-21,24-28H2,1-6H3,(H,52,59)(H,53,60)/t30-,38+,40-,41+,42+,45+,46-,47+,48+,49-/m0/s1. The molecule has 11 atom stereocenters. The summed E-state index contributed by atoms with van der Waals surface area (Å²) < 4.78 is 16.7. The summed E-state index contributed by atoms with van der Waals surface area (Å²) in [6.45, 7) is 10.5. The number of ether oxygens (including phenoxy) is 3. The molecule has 9 rings (SSSR count). The minimum atomic E-state index is -2.43. The molecule has 1 spiro atoms. The second-order valence-electron chi connectivity index (χ2n) is 19.9. The van der Waals surface area contributed by atoms with Crippen LogP contribution in [0, 0.1) is 11.3 Å². The number of para-hydroxylation sites is 1. The maximum Gasteiger partial charge on any atom is 0.426 e. The van der Waals surface area contributed by atoms with Crippen LogP contribution in [0.15, 0.2) is 48.6 Å². The van der Waals surface area contributed by atoms with Crippen LogP contribution in [0.5, 0.6) is 5.75 Å². The highest BCUT2D eigenvalue weighted by Crippen LogP contribution is 2.67. The molecule has 6 aliphatic rings. The Morgan fingerprint density at radius 2 is 1.87 bits per heavy atom. The molecular weight excluding hydrogens is 895 g/mol. The molecule has 5 aliphatic heterocycles. The van der Waals surface area contributed by atoms with E-state index in [1.807, 2.05) is 31.0 Å². The summed E-state index contributed by atoms with van der Waals surface area (Å²) >= 11 is 0. The number of nitrogens with one attached hydrogen (secondary N) is 4. The fourth-order valence-corrected chi connectivity index (χ4v) is 15.7. The van der Waals surface area contributed by atoms with E-state index in [2.05, 4.69) is 81.2 Å². The number of anilines is 1. The van der Waals surface area contributed by atoms with Gasteiger partial charge in [-0.15, -0.1) is 0 Å². The molecule has 3 aromatic rings. The summed E-state index contributed by atoms with van der Waals surface area (Å²) in [6.07, 6.45) is 5.09. The molecule has 1 aliphatic carbocycles. The number of likely N-dealkylation sites (N-methyl/N-ethyl adjacent to an activating group) is 1. The first-order valence-electron chi connectivity index (χ1n) is 23.7. The summed E-state index contributed by atoms with van der Waals surface area (Å²) in [6, 6.07) is 11.6. The van der Waals surface area contributed by atoms with Crippen LogP contribution in [-0.4, -0.2) is 156 Å². The Kier molecular flexibility index (Phi) is 13.2. The van der Waals surface area contributed by atoms with E-state index in [1.54, 1.807) is 14.2 Å². The van der Waals surface area contributed by atoms with Crippen LogP contribution in [0.3, 0.4) is 0 Å². The molecule has 3 fully saturated rings. The van der Waals surface area contributed by atoms with Gasteiger partial charge < -0.3 is 39.4 Å². The molecule has 0 radical (unpaired) electrons. The predicted molar refractivity (Wildman–Crippen MR) is 260 cm³/mol. The molecule has 2 aromatic carbocycles. The van der Waals surface area contributed by atoms with Crippen molar-refractivity contribution in [2.45, 2.75) is 106 Å². The number of aromatic amines is 1. The summed E-state index contributed by atoms with van der Waals surface area (Å²) in [7, 11) is 8.13. The van der Waals surface area contributed by atoms with Crippen LogP contribution in [0.1, 0.15) is 75.3 Å². The van der Waals surface area contributed by atoms with Crippen LogP contribution in [-0.2, 0) is 36.3 Å². The molecule has 1 saturated carbocycles. The summed E-state index contributed by atoms with van der Waals surface area (Å²) in [5, 5.41) is 42.2. The van der Waals surface area contributed by atoms with Gasteiger partial charge in [0.1, 0.15) is 18.5 Å². The number of nitrogens with zero attached hydrogens (tertiary/aromatic N) is 3. The number of H-pyrrole nitrogens is 1. The van der Waals surface area contributed by atoms with Gasteiger partial charge in [-0.2, -0.15) is 0 Å². The third kappa shape index (κ3) is 7.63. The average Bonchev–Trinajstić information content (AvgIpc) is 3.99. The number of fused-ring (bicyclic) bond motifs is 6. The zero-order chi connectivity index (χ0) is 47.5. The van der Waals surface area contributed by atoms with Crippen molar-refractivity contribution >= 4 is 56.7 Å². The zero-order valence-electron chi connectivity index (χ0n) is 39.4. The number of hydrazine groups is 1. The van der Waals surface area contributed by atoms with Crippen molar-refractivity contribution in [3.05, 3.63) is 70.9 Å². The van der Waals surface area contributed by atoms with E-state index < -0.39 is 57.8 Å². The summed E-state index contributed by atoms with van der Waals surface area (Å²) in [5.74, 6) is 0.818. The lowest BCUT2D eigenvalue weighted by Gasteiger charge is -2.63. The molecule has 2 amide bonds. The second kappa shape index (κ2) is 18.4. The molecule has 6 heterocycles. The van der Waals surface area contributed by atoms with Gasteiger partial charge >= 0.3 is 6.09 Å². The van der Waals surface area contributed by atoms with E-state index >= 15 is 0 Å². The van der Waals surface area contributed by atoms with Crippen LogP contribution in [0.2, 0.25) is 0 Å². The van der Waals surface area contributed by atoms with Crippen molar-refractivity contribution in [2.24, 2.45) is 11.3 Å². The number of carbonyl (C=O) groups excluding carboxylic acids is 3. The topological polar surface area (TPSA) is 201 Å². The monoisotopic (exact) mass is 961 g/mol. The lowest BCUT2D eigenvalue weighted by atomic mass is 9.47. The molecule has 18 heteroatoms. The minimum absolute atomic E-state index is 0.0254. The maximum atomic E-state index is 14.9. The number of benzene rings is 2. The Bertz CT molecular complexity index is 2410. The normalized spacial score (nSPS) is 34.4. The van der Waals surface area contributed by atoms with Crippen molar-refractivity contribution in [1.82, 2.24) is 31.0 Å². The van der Waals surface area contributed by atoms with Crippen LogP contribution >= 0.6 is 21.6 Å². The Balaban J connectivity index is 1.10. The number of aromatic nitrogens is 1. The molecule has 364 valence electrons. The van der Waals surface area contributed by atoms with Gasteiger partial charge in [0, 0.05) is 95.2 Å². The van der Waals surface area contributed by atoms with E-state index in [0.717, 1.165) is 54.0 Å². The molecule has 1 unspecified atom stereocenters. The smallest absolute Gasteiger partial charge is 0.426 e. The number of rotatable bonds is 14. The Labute approximate surface area is 400 Å². The molecule has 2 saturated heterocycles. The van der Waals surface area contributed by atoms with Crippen LogP contribution in [0.4, 0.5) is 10.5 Å². The number of aliphatic hydroxyl groups is 3. The Morgan fingerprint density at radius 1 is 1.06 bits per heavy atom. The molecule has 67 heavy (non-hydrogen) atoms. The fourth-order valence-electron chi connectivity index (χ4n) is 13.7. The molecule has 7 N–H and O–H groups in total. The first kappa shape index (κ1) is 48.0. The fraction of sp³-hybridized carbons (Fsp3) is 0.612. The van der Waals surface area contributed by atoms with Crippen molar-refractivity contribution in [3.63, 3.8) is 0 Å². The molecule has 1 aromatic heterocycles. The van der Waals surface area contributed by atoms with Gasteiger partial charge in [0.25, 0.3) is 12.4 Å². The van der Waals surface area contributed by atoms with Crippen LogP contribution in [0.25, 0.3) is 10.9 Å². The number of methoxy groups -OCH3 is 1. The largest absolute Gasteiger partial charge is 0.496 e. The first-order chi connectivity index (χ1) is 32.2. The van der Waals surface area contributed by atoms with Gasteiger partial charge in [0.2, 0.25) is 0 Å². The number of hydrogen-bond donors (Lipinski definition) is 7. The minimum Gasteiger partial charge on any atom is -0.496 e. The highest BCUT2D eigenvalue weighted by atomic mass is 33.1. The maximum absolute atomic E-state index is 14.9.